The van der Waals surface area contributed by atoms with Gasteiger partial charge in [-0.2, -0.15) is 0 Å². The first kappa shape index (κ1) is 12.4. The fraction of sp³-hybridized carbons (Fsp3) is 0.462. The average molecular weight is 254 g/mol. The summed E-state index contributed by atoms with van der Waals surface area (Å²) in [6.07, 6.45) is 1.85. The molecule has 0 radical (unpaired) electrons. The fourth-order valence-corrected chi connectivity index (χ4v) is 2.22. The van der Waals surface area contributed by atoms with E-state index in [1.54, 1.807) is 12.1 Å². The van der Waals surface area contributed by atoms with Crippen molar-refractivity contribution >= 4 is 17.6 Å². The molecule has 92 valence electrons. The zero-order chi connectivity index (χ0) is 12.3. The van der Waals surface area contributed by atoms with Crippen molar-refractivity contribution in [2.75, 3.05) is 6.54 Å². The van der Waals surface area contributed by atoms with Crippen LogP contribution in [0.5, 0.6) is 0 Å². The van der Waals surface area contributed by atoms with Gasteiger partial charge in [-0.05, 0) is 44.0 Å². The highest BCUT2D eigenvalue weighted by Crippen LogP contribution is 2.21. The van der Waals surface area contributed by atoms with Gasteiger partial charge in [0.05, 0.1) is 0 Å². The Morgan fingerprint density at radius 2 is 2.41 bits per heavy atom. The summed E-state index contributed by atoms with van der Waals surface area (Å²) >= 11 is 5.86. The number of carbonyl (C=O) groups is 1. The van der Waals surface area contributed by atoms with Crippen molar-refractivity contribution in [1.29, 1.82) is 0 Å². The van der Waals surface area contributed by atoms with Crippen molar-refractivity contribution < 1.29 is 9.53 Å². The number of benzene rings is 1. The molecule has 1 aliphatic heterocycles. The van der Waals surface area contributed by atoms with Crippen LogP contribution >= 0.6 is 11.6 Å². The molecule has 1 aromatic rings. The molecule has 1 heterocycles. The van der Waals surface area contributed by atoms with Gasteiger partial charge in [0.25, 0.3) is 0 Å². The summed E-state index contributed by atoms with van der Waals surface area (Å²) in [5.41, 5.74) is 0.394. The highest BCUT2D eigenvalue weighted by molar-refractivity contribution is 6.30. The maximum Gasteiger partial charge on any atom is 0.326 e. The van der Waals surface area contributed by atoms with Crippen LogP contribution in [0.3, 0.4) is 0 Å². The van der Waals surface area contributed by atoms with E-state index in [0.29, 0.717) is 5.02 Å². The summed E-state index contributed by atoms with van der Waals surface area (Å²) in [6.45, 7) is 3.04. The number of hydrogen-bond donors (Lipinski definition) is 1. The molecule has 0 amide bonds. The van der Waals surface area contributed by atoms with Crippen LogP contribution in [0.2, 0.25) is 5.02 Å². The third kappa shape index (κ3) is 2.99. The van der Waals surface area contributed by atoms with E-state index in [-0.39, 0.29) is 12.6 Å². The van der Waals surface area contributed by atoms with Crippen LogP contribution < -0.4 is 5.32 Å². The minimum atomic E-state index is -0.515. The molecule has 17 heavy (non-hydrogen) atoms. The number of nitrogens with one attached hydrogen (secondary N) is 1. The maximum atomic E-state index is 11.9. The van der Waals surface area contributed by atoms with Gasteiger partial charge in [0, 0.05) is 5.02 Å². The van der Waals surface area contributed by atoms with Crippen molar-refractivity contribution in [3.8, 4) is 0 Å². The van der Waals surface area contributed by atoms with E-state index >= 15 is 0 Å². The summed E-state index contributed by atoms with van der Waals surface area (Å²) in [6, 6.07) is 7.34. The van der Waals surface area contributed by atoms with Gasteiger partial charge in [-0.3, -0.25) is 4.79 Å². The summed E-state index contributed by atoms with van der Waals surface area (Å²) in [4.78, 5) is 11.9. The summed E-state index contributed by atoms with van der Waals surface area (Å²) < 4.78 is 5.31. The SMILES string of the molecule is CC1(C(=O)OCc2cccc(Cl)c2)CCCN1. The average Bonchev–Trinajstić information content (AvgIpc) is 2.74. The van der Waals surface area contributed by atoms with Crippen LogP contribution in [0, 0.1) is 0 Å². The van der Waals surface area contributed by atoms with Crippen LogP contribution in [-0.2, 0) is 16.1 Å². The van der Waals surface area contributed by atoms with Gasteiger partial charge in [0.15, 0.2) is 0 Å². The zero-order valence-electron chi connectivity index (χ0n) is 9.83. The Kier molecular flexibility index (Phi) is 3.69. The molecule has 4 heteroatoms. The monoisotopic (exact) mass is 253 g/mol. The van der Waals surface area contributed by atoms with Crippen LogP contribution in [-0.4, -0.2) is 18.1 Å². The number of rotatable bonds is 3. The molecule has 1 unspecified atom stereocenters. The van der Waals surface area contributed by atoms with E-state index in [4.69, 9.17) is 16.3 Å². The minimum Gasteiger partial charge on any atom is -0.459 e. The topological polar surface area (TPSA) is 38.3 Å². The van der Waals surface area contributed by atoms with Crippen molar-refractivity contribution in [1.82, 2.24) is 5.32 Å². The van der Waals surface area contributed by atoms with Gasteiger partial charge < -0.3 is 10.1 Å². The molecule has 1 aliphatic rings. The Balaban J connectivity index is 1.92. The zero-order valence-corrected chi connectivity index (χ0v) is 10.6. The molecule has 1 atom stereocenters. The maximum absolute atomic E-state index is 11.9. The molecule has 1 aromatic carbocycles. The van der Waals surface area contributed by atoms with Crippen LogP contribution in [0.15, 0.2) is 24.3 Å². The highest BCUT2D eigenvalue weighted by Gasteiger charge is 2.37. The van der Waals surface area contributed by atoms with Gasteiger partial charge in [0.1, 0.15) is 12.1 Å². The predicted molar refractivity (Wildman–Crippen MR) is 66.9 cm³/mol. The normalized spacial score (nSPS) is 23.6. The third-order valence-corrected chi connectivity index (χ3v) is 3.31. The van der Waals surface area contributed by atoms with Gasteiger partial charge in [-0.15, -0.1) is 0 Å². The lowest BCUT2D eigenvalue weighted by molar-refractivity contribution is -0.151. The molecular weight excluding hydrogens is 238 g/mol. The first-order valence-electron chi connectivity index (χ1n) is 5.77. The van der Waals surface area contributed by atoms with Gasteiger partial charge in [-0.25, -0.2) is 0 Å². The van der Waals surface area contributed by atoms with E-state index in [9.17, 15) is 4.79 Å². The summed E-state index contributed by atoms with van der Waals surface area (Å²) in [5.74, 6) is -0.185. The molecule has 3 nitrogen and oxygen atoms in total. The first-order valence-corrected chi connectivity index (χ1v) is 6.15. The van der Waals surface area contributed by atoms with E-state index in [1.807, 2.05) is 19.1 Å². The molecule has 0 aliphatic carbocycles. The van der Waals surface area contributed by atoms with E-state index in [2.05, 4.69) is 5.32 Å². The Morgan fingerprint density at radius 3 is 3.06 bits per heavy atom. The molecule has 2 rings (SSSR count). The lowest BCUT2D eigenvalue weighted by atomic mass is 10.0. The Bertz CT molecular complexity index is 414. The standard InChI is InChI=1S/C13H16ClNO2/c1-13(6-3-7-15-13)12(16)17-9-10-4-2-5-11(14)8-10/h2,4-5,8,15H,3,6-7,9H2,1H3. The first-order chi connectivity index (χ1) is 8.10. The van der Waals surface area contributed by atoms with E-state index in [0.717, 1.165) is 24.9 Å². The van der Waals surface area contributed by atoms with Crippen molar-refractivity contribution in [2.24, 2.45) is 0 Å². The van der Waals surface area contributed by atoms with E-state index in [1.165, 1.54) is 0 Å². The second-order valence-corrected chi connectivity index (χ2v) is 5.00. The lowest BCUT2D eigenvalue weighted by Gasteiger charge is -2.21. The molecule has 0 bridgehead atoms. The number of carbonyl (C=O) groups excluding carboxylic acids is 1. The molecule has 1 saturated heterocycles. The Hall–Kier alpha value is -1.06. The number of hydrogen-bond acceptors (Lipinski definition) is 3. The summed E-state index contributed by atoms with van der Waals surface area (Å²) in [5, 5.41) is 3.84. The number of esters is 1. The molecule has 1 fully saturated rings. The molecule has 0 aromatic heterocycles. The lowest BCUT2D eigenvalue weighted by Crippen LogP contribution is -2.45. The van der Waals surface area contributed by atoms with Crippen LogP contribution in [0.4, 0.5) is 0 Å². The Labute approximate surface area is 106 Å². The predicted octanol–water partition coefficient (Wildman–Crippen LogP) is 2.53. The quantitative estimate of drug-likeness (QED) is 0.842. The van der Waals surface area contributed by atoms with Gasteiger partial charge in [0.2, 0.25) is 0 Å². The van der Waals surface area contributed by atoms with Gasteiger partial charge in [-0.1, -0.05) is 23.7 Å². The molecular formula is C13H16ClNO2. The smallest absolute Gasteiger partial charge is 0.326 e. The van der Waals surface area contributed by atoms with Gasteiger partial charge >= 0.3 is 5.97 Å². The minimum absolute atomic E-state index is 0.185. The highest BCUT2D eigenvalue weighted by atomic mass is 35.5. The number of halogens is 1. The fourth-order valence-electron chi connectivity index (χ4n) is 2.00. The molecule has 0 saturated carbocycles. The molecule has 1 N–H and O–H groups in total. The van der Waals surface area contributed by atoms with Crippen LogP contribution in [0.1, 0.15) is 25.3 Å². The van der Waals surface area contributed by atoms with Crippen molar-refractivity contribution in [3.05, 3.63) is 34.9 Å². The van der Waals surface area contributed by atoms with Crippen molar-refractivity contribution in [3.63, 3.8) is 0 Å². The second-order valence-electron chi connectivity index (χ2n) is 4.57. The summed E-state index contributed by atoms with van der Waals surface area (Å²) in [7, 11) is 0. The number of ether oxygens (including phenoxy) is 1. The van der Waals surface area contributed by atoms with Crippen molar-refractivity contribution in [2.45, 2.75) is 31.9 Å². The Morgan fingerprint density at radius 1 is 1.59 bits per heavy atom. The largest absolute Gasteiger partial charge is 0.459 e. The second kappa shape index (κ2) is 5.07. The van der Waals surface area contributed by atoms with E-state index < -0.39 is 5.54 Å². The van der Waals surface area contributed by atoms with Crippen LogP contribution in [0.25, 0.3) is 0 Å². The molecule has 0 spiro atoms. The third-order valence-electron chi connectivity index (χ3n) is 3.08.